The van der Waals surface area contributed by atoms with E-state index in [4.69, 9.17) is 10.8 Å². The predicted molar refractivity (Wildman–Crippen MR) is 298 cm³/mol. The number of primary amides is 1. The summed E-state index contributed by atoms with van der Waals surface area (Å²) in [5.41, 5.74) is 6.26. The van der Waals surface area contributed by atoms with Gasteiger partial charge in [0.1, 0.15) is 42.3 Å². The lowest BCUT2D eigenvalue weighted by atomic mass is 10.00. The molecule has 0 radical (unpaired) electrons. The average Bonchev–Trinajstić information content (AvgIpc) is 3.30. The Morgan fingerprint density at radius 2 is 0.814 bits per heavy atom. The Hall–Kier alpha value is -10.1. The van der Waals surface area contributed by atoms with Gasteiger partial charge in [-0.15, -0.1) is 0 Å². The maximum Gasteiger partial charge on any atom is 0.305 e. The molecule has 11 amide bonds. The summed E-state index contributed by atoms with van der Waals surface area (Å²) >= 11 is 0. The topological polar surface area (TPSA) is 533 Å². The van der Waals surface area contributed by atoms with Crippen LogP contribution in [-0.2, 0) is 83.1 Å². The van der Waals surface area contributed by atoms with E-state index in [1.54, 1.807) is 77.1 Å². The van der Waals surface area contributed by atoms with Crippen molar-refractivity contribution in [3.8, 4) is 0 Å². The van der Waals surface area contributed by atoms with Crippen molar-refractivity contribution in [2.24, 2.45) is 11.7 Å². The van der Waals surface area contributed by atoms with E-state index in [-0.39, 0.29) is 12.0 Å². The Balaban J connectivity index is 3.27. The zero-order chi connectivity index (χ0) is 65.4. The summed E-state index contributed by atoms with van der Waals surface area (Å²) in [5, 5.41) is 71.6. The number of carbonyl (C=O) groups excluding carboxylic acids is 11. The molecule has 0 aromatic heterocycles. The fourth-order valence-electron chi connectivity index (χ4n) is 7.44. The standard InChI is InChI=1S/C53H74N12O21/c1-7-8-10-13-28(6)16-30(48(81)61-31(17-29-14-11-9-12-15-29)53(86)65-45(26(2)3)46(54)79)60-51(84)35(21-43(75)76)64-52(85)36(22-44(77)78)63-50(83)34(20-42(73)74)59-39(68)25-56-37(66)23-55-38(67)24-57-47(80)32(18-40(69)70)62-49(82)33(19-41(71)72)58-27(4)5/h7-15,26-27,30-36,45,58H,6,16-25H2,1-5H3,(H2,54,79)(H,55,67)(H,56,66)(H,57,80)(H,59,68)(H,60,84)(H,61,81)(H,62,82)(H,63,83)(H,64,85)(H,65,86)(H,69,70)(H,71,72)(H,73,74)(H,75,76)(H,77,78)/b8-7-,13-10-. The first kappa shape index (κ1) is 73.9. The van der Waals surface area contributed by atoms with Crippen LogP contribution in [0.4, 0.5) is 0 Å². The molecule has 8 unspecified atom stereocenters. The van der Waals surface area contributed by atoms with Gasteiger partial charge in [0, 0.05) is 18.9 Å². The highest BCUT2D eigenvalue weighted by Gasteiger charge is 2.36. The molecule has 18 N–H and O–H groups in total. The van der Waals surface area contributed by atoms with Gasteiger partial charge in [-0.3, -0.25) is 76.7 Å². The van der Waals surface area contributed by atoms with Crippen LogP contribution in [-0.4, -0.2) is 194 Å². The summed E-state index contributed by atoms with van der Waals surface area (Å²) in [6.45, 7) is 9.18. The molecular formula is C53H74N12O21. The van der Waals surface area contributed by atoms with Crippen LogP contribution >= 0.6 is 0 Å². The number of carbonyl (C=O) groups is 16. The van der Waals surface area contributed by atoms with Crippen LogP contribution in [0.15, 0.2) is 66.8 Å². The molecule has 0 fully saturated rings. The number of hydrogen-bond donors (Lipinski definition) is 17. The van der Waals surface area contributed by atoms with Crippen LogP contribution in [0, 0.1) is 5.92 Å². The maximum absolute atomic E-state index is 14.2. The number of nitrogens with two attached hydrogens (primary N) is 1. The highest BCUT2D eigenvalue weighted by Crippen LogP contribution is 2.12. The molecule has 1 aromatic carbocycles. The number of amides is 11. The van der Waals surface area contributed by atoms with E-state index >= 15 is 0 Å². The monoisotopic (exact) mass is 1210 g/mol. The van der Waals surface area contributed by atoms with Crippen molar-refractivity contribution in [2.45, 2.75) is 134 Å². The minimum Gasteiger partial charge on any atom is -0.481 e. The molecular weight excluding hydrogens is 1140 g/mol. The summed E-state index contributed by atoms with van der Waals surface area (Å²) in [7, 11) is 0. The summed E-state index contributed by atoms with van der Waals surface area (Å²) < 4.78 is 0. The first-order chi connectivity index (χ1) is 40.2. The molecule has 0 bridgehead atoms. The lowest BCUT2D eigenvalue weighted by molar-refractivity contribution is -0.144. The van der Waals surface area contributed by atoms with Crippen LogP contribution in [0.2, 0.25) is 0 Å². The van der Waals surface area contributed by atoms with E-state index in [2.05, 4.69) is 38.5 Å². The fraction of sp³-hybridized carbons (Fsp3) is 0.472. The highest BCUT2D eigenvalue weighted by molar-refractivity contribution is 6.00. The molecule has 8 atom stereocenters. The summed E-state index contributed by atoms with van der Waals surface area (Å²) in [6, 6.07) is -6.13. The predicted octanol–water partition coefficient (Wildman–Crippen LogP) is -5.07. The number of allylic oxidation sites excluding steroid dienone is 4. The fourth-order valence-corrected chi connectivity index (χ4v) is 7.44. The zero-order valence-electron chi connectivity index (χ0n) is 47.6. The van der Waals surface area contributed by atoms with E-state index in [1.165, 1.54) is 12.2 Å². The Labute approximate surface area is 491 Å². The SMILES string of the molecule is C=C(/C=C\C=C/C)CC(NC(=O)C(CC(=O)O)NC(=O)C(CC(=O)O)NC(=O)C(CC(=O)O)NC(=O)CNC(=O)CNC(=O)CNC(=O)C(CC(=O)O)NC(=O)C(CC(=O)O)NC(C)C)C(=O)NC(Cc1ccccc1)C(=O)NC(C(N)=O)C(C)C. The maximum atomic E-state index is 14.2. The second-order valence-corrected chi connectivity index (χ2v) is 19.6. The molecule has 1 rings (SSSR count). The van der Waals surface area contributed by atoms with Gasteiger partial charge in [0.25, 0.3) is 0 Å². The Bertz CT molecular complexity index is 2730. The van der Waals surface area contributed by atoms with Gasteiger partial charge in [-0.2, -0.15) is 0 Å². The van der Waals surface area contributed by atoms with Crippen molar-refractivity contribution in [3.05, 3.63) is 72.4 Å². The normalized spacial score (nSPS) is 13.8. The van der Waals surface area contributed by atoms with E-state index in [1.807, 2.05) is 26.6 Å². The van der Waals surface area contributed by atoms with E-state index in [0.717, 1.165) is 0 Å². The first-order valence-corrected chi connectivity index (χ1v) is 26.3. The molecule has 86 heavy (non-hydrogen) atoms. The second kappa shape index (κ2) is 37.9. The molecule has 0 saturated carbocycles. The van der Waals surface area contributed by atoms with Gasteiger partial charge in [0.15, 0.2) is 0 Å². The number of rotatable bonds is 40. The van der Waals surface area contributed by atoms with Crippen LogP contribution in [0.5, 0.6) is 0 Å². The molecule has 0 heterocycles. The molecule has 0 saturated heterocycles. The van der Waals surface area contributed by atoms with E-state index in [0.29, 0.717) is 5.56 Å². The molecule has 0 aliphatic heterocycles. The van der Waals surface area contributed by atoms with Gasteiger partial charge in [-0.1, -0.05) is 94.5 Å². The summed E-state index contributed by atoms with van der Waals surface area (Å²) in [4.78, 5) is 203. The minimum absolute atomic E-state index is 0.159. The smallest absolute Gasteiger partial charge is 0.305 e. The molecule has 0 spiro atoms. The van der Waals surface area contributed by atoms with Crippen molar-refractivity contribution >= 4 is 94.8 Å². The Morgan fingerprint density at radius 1 is 0.453 bits per heavy atom. The third-order valence-corrected chi connectivity index (χ3v) is 11.5. The number of aliphatic carboxylic acids is 5. The van der Waals surface area contributed by atoms with Crippen LogP contribution in [0.3, 0.4) is 0 Å². The lowest BCUT2D eigenvalue weighted by Gasteiger charge is -2.27. The number of nitrogens with one attached hydrogen (secondary N) is 11. The quantitative estimate of drug-likeness (QED) is 0.0273. The summed E-state index contributed by atoms with van der Waals surface area (Å²) in [5.74, 6) is -21.5. The van der Waals surface area contributed by atoms with Crippen molar-refractivity contribution < 1.29 is 102 Å². The van der Waals surface area contributed by atoms with Crippen LogP contribution in [0.1, 0.15) is 78.7 Å². The average molecular weight is 1220 g/mol. The molecule has 0 aliphatic rings. The van der Waals surface area contributed by atoms with Gasteiger partial charge in [-0.05, 0) is 18.4 Å². The third kappa shape index (κ3) is 30.3. The number of benzene rings is 1. The molecule has 0 aliphatic carbocycles. The molecule has 472 valence electrons. The van der Waals surface area contributed by atoms with Gasteiger partial charge in [0.05, 0.1) is 57.8 Å². The van der Waals surface area contributed by atoms with E-state index in [9.17, 15) is 97.1 Å². The third-order valence-electron chi connectivity index (χ3n) is 11.5. The highest BCUT2D eigenvalue weighted by atomic mass is 16.4. The molecule has 1 aromatic rings. The van der Waals surface area contributed by atoms with Crippen LogP contribution < -0.4 is 64.2 Å². The summed E-state index contributed by atoms with van der Waals surface area (Å²) in [6.07, 6.45) is 0.191. The minimum atomic E-state index is -2.24. The Morgan fingerprint density at radius 3 is 1.22 bits per heavy atom. The second-order valence-electron chi connectivity index (χ2n) is 19.6. The number of carboxylic acid groups (broad SMARTS) is 5. The van der Waals surface area contributed by atoms with Gasteiger partial charge >= 0.3 is 29.8 Å². The van der Waals surface area contributed by atoms with E-state index < -0.39 is 213 Å². The largest absolute Gasteiger partial charge is 0.481 e. The van der Waals surface area contributed by atoms with Crippen LogP contribution in [0.25, 0.3) is 0 Å². The van der Waals surface area contributed by atoms with Crippen molar-refractivity contribution in [3.63, 3.8) is 0 Å². The number of carboxylic acids is 5. The Kier molecular flexibility index (Phi) is 32.6. The lowest BCUT2D eigenvalue weighted by Crippen LogP contribution is -2.60. The van der Waals surface area contributed by atoms with Crippen molar-refractivity contribution in [2.75, 3.05) is 19.6 Å². The zero-order valence-corrected chi connectivity index (χ0v) is 47.6. The van der Waals surface area contributed by atoms with Crippen molar-refractivity contribution in [1.82, 2.24) is 58.5 Å². The van der Waals surface area contributed by atoms with Gasteiger partial charge < -0.3 is 89.8 Å². The first-order valence-electron chi connectivity index (χ1n) is 26.3. The molecule has 33 nitrogen and oxygen atoms in total. The molecule has 33 heteroatoms. The van der Waals surface area contributed by atoms with Gasteiger partial charge in [0.2, 0.25) is 65.0 Å². The van der Waals surface area contributed by atoms with Crippen molar-refractivity contribution in [1.29, 1.82) is 0 Å². The van der Waals surface area contributed by atoms with Gasteiger partial charge in [-0.25, -0.2) is 0 Å². The number of hydrogen-bond acceptors (Lipinski definition) is 17.